The van der Waals surface area contributed by atoms with Crippen molar-refractivity contribution >= 4 is 33.4 Å². The van der Waals surface area contributed by atoms with Crippen LogP contribution in [0.2, 0.25) is 0 Å². The Kier molecular flexibility index (Phi) is 3.76. The summed E-state index contributed by atoms with van der Waals surface area (Å²) >= 11 is 3.46. The zero-order valence-electron chi connectivity index (χ0n) is 11.0. The molecule has 5 nitrogen and oxygen atoms in total. The molecule has 0 aliphatic carbocycles. The van der Waals surface area contributed by atoms with Gasteiger partial charge in [0.05, 0.1) is 5.69 Å². The van der Waals surface area contributed by atoms with Crippen molar-refractivity contribution in [2.75, 3.05) is 24.5 Å². The summed E-state index contributed by atoms with van der Waals surface area (Å²) < 4.78 is 0.876. The lowest BCUT2D eigenvalue weighted by Gasteiger charge is -2.21. The Morgan fingerprint density at radius 1 is 1.30 bits per heavy atom. The number of carbonyl (C=O) groups is 2. The molecule has 1 atom stereocenters. The fourth-order valence-electron chi connectivity index (χ4n) is 2.73. The van der Waals surface area contributed by atoms with Crippen molar-refractivity contribution in [1.82, 2.24) is 10.4 Å². The molecule has 2 fully saturated rings. The number of hydrogen-bond acceptors (Lipinski definition) is 3. The molecular formula is C14H16BrN3O2. The van der Waals surface area contributed by atoms with E-state index in [2.05, 4.69) is 21.4 Å². The second-order valence-corrected chi connectivity index (χ2v) is 5.89. The molecule has 20 heavy (non-hydrogen) atoms. The monoisotopic (exact) mass is 337 g/mol. The third-order valence-electron chi connectivity index (χ3n) is 3.77. The van der Waals surface area contributed by atoms with Gasteiger partial charge in [-0.05, 0) is 40.9 Å². The third-order valence-corrected chi connectivity index (χ3v) is 4.44. The maximum absolute atomic E-state index is 12.5. The molecule has 2 saturated heterocycles. The summed E-state index contributed by atoms with van der Waals surface area (Å²) in [6, 6.07) is 7.60. The number of hydrogen-bond donors (Lipinski definition) is 1. The van der Waals surface area contributed by atoms with Crippen LogP contribution in [0.3, 0.4) is 0 Å². The first-order valence-corrected chi connectivity index (χ1v) is 7.58. The first-order valence-electron chi connectivity index (χ1n) is 6.79. The summed E-state index contributed by atoms with van der Waals surface area (Å²) in [5.41, 5.74) is 3.86. The van der Waals surface area contributed by atoms with E-state index in [4.69, 9.17) is 0 Å². The first-order chi connectivity index (χ1) is 9.68. The molecule has 0 saturated carbocycles. The van der Waals surface area contributed by atoms with E-state index in [1.807, 2.05) is 24.3 Å². The van der Waals surface area contributed by atoms with E-state index in [1.54, 1.807) is 9.91 Å². The molecule has 0 aromatic heterocycles. The molecule has 1 aromatic carbocycles. The van der Waals surface area contributed by atoms with Crippen molar-refractivity contribution in [3.63, 3.8) is 0 Å². The van der Waals surface area contributed by atoms with Gasteiger partial charge in [-0.25, -0.2) is 5.43 Å². The van der Waals surface area contributed by atoms with Gasteiger partial charge in [0.15, 0.2) is 0 Å². The van der Waals surface area contributed by atoms with E-state index >= 15 is 0 Å². The zero-order chi connectivity index (χ0) is 14.1. The van der Waals surface area contributed by atoms with Crippen LogP contribution in [0, 0.1) is 5.92 Å². The van der Waals surface area contributed by atoms with Crippen LogP contribution in [0.5, 0.6) is 0 Å². The third kappa shape index (κ3) is 2.33. The zero-order valence-corrected chi connectivity index (χ0v) is 12.6. The lowest BCUT2D eigenvalue weighted by molar-refractivity contribution is -0.141. The largest absolute Gasteiger partial charge is 0.311 e. The van der Waals surface area contributed by atoms with Gasteiger partial charge in [0.1, 0.15) is 5.92 Å². The quantitative estimate of drug-likeness (QED) is 0.833. The lowest BCUT2D eigenvalue weighted by Crippen LogP contribution is -2.43. The standard InChI is InChI=1S/C14H16BrN3O2/c15-11-4-1-2-5-12(11)17-9-6-10(13(17)19)14(20)18-8-3-7-16-18/h1-2,4-5,10,16H,3,6-9H2. The van der Waals surface area contributed by atoms with Gasteiger partial charge in [-0.15, -0.1) is 0 Å². The Morgan fingerprint density at radius 3 is 2.80 bits per heavy atom. The molecule has 2 heterocycles. The van der Waals surface area contributed by atoms with Crippen molar-refractivity contribution in [3.05, 3.63) is 28.7 Å². The SMILES string of the molecule is O=C(C1CCN(c2ccccc2Br)C1=O)N1CCCN1. The summed E-state index contributed by atoms with van der Waals surface area (Å²) in [4.78, 5) is 26.5. The number of anilines is 1. The van der Waals surface area contributed by atoms with Crippen LogP contribution in [0.4, 0.5) is 5.69 Å². The molecule has 1 aromatic rings. The minimum atomic E-state index is -0.548. The van der Waals surface area contributed by atoms with Gasteiger partial charge < -0.3 is 4.90 Å². The second kappa shape index (κ2) is 5.54. The average molecular weight is 338 g/mol. The van der Waals surface area contributed by atoms with Gasteiger partial charge in [0, 0.05) is 24.1 Å². The molecule has 1 unspecified atom stereocenters. The molecule has 2 aliphatic rings. The van der Waals surface area contributed by atoms with Crippen LogP contribution in [0.1, 0.15) is 12.8 Å². The summed E-state index contributed by atoms with van der Waals surface area (Å²) in [5.74, 6) is -0.745. The Hall–Kier alpha value is -1.40. The van der Waals surface area contributed by atoms with Crippen LogP contribution < -0.4 is 10.3 Å². The molecule has 6 heteroatoms. The van der Waals surface area contributed by atoms with Gasteiger partial charge in [0.25, 0.3) is 0 Å². The predicted octanol–water partition coefficient (Wildman–Crippen LogP) is 1.54. The fourth-order valence-corrected chi connectivity index (χ4v) is 3.22. The first kappa shape index (κ1) is 13.6. The van der Waals surface area contributed by atoms with Gasteiger partial charge in [-0.2, -0.15) is 0 Å². The Balaban J connectivity index is 1.77. The molecule has 0 bridgehead atoms. The number of halogens is 1. The summed E-state index contributed by atoms with van der Waals surface area (Å²) in [5, 5.41) is 1.59. The number of amides is 2. The van der Waals surface area contributed by atoms with E-state index in [9.17, 15) is 9.59 Å². The molecule has 3 rings (SSSR count). The Labute approximate surface area is 126 Å². The van der Waals surface area contributed by atoms with Crippen LogP contribution >= 0.6 is 15.9 Å². The van der Waals surface area contributed by atoms with Gasteiger partial charge >= 0.3 is 0 Å². The van der Waals surface area contributed by atoms with Crippen LogP contribution in [0.25, 0.3) is 0 Å². The number of rotatable bonds is 2. The number of nitrogens with one attached hydrogen (secondary N) is 1. The minimum Gasteiger partial charge on any atom is -0.311 e. The number of nitrogens with zero attached hydrogens (tertiary/aromatic N) is 2. The highest BCUT2D eigenvalue weighted by atomic mass is 79.9. The number of carbonyl (C=O) groups excluding carboxylic acids is 2. The summed E-state index contributed by atoms with van der Waals surface area (Å²) in [6.45, 7) is 2.09. The van der Waals surface area contributed by atoms with E-state index in [0.29, 0.717) is 19.5 Å². The molecule has 0 radical (unpaired) electrons. The lowest BCUT2D eigenvalue weighted by atomic mass is 10.1. The van der Waals surface area contributed by atoms with Crippen LogP contribution in [-0.4, -0.2) is 36.5 Å². The molecule has 2 amide bonds. The molecule has 1 N–H and O–H groups in total. The smallest absolute Gasteiger partial charge is 0.249 e. The highest BCUT2D eigenvalue weighted by Crippen LogP contribution is 2.32. The van der Waals surface area contributed by atoms with Crippen molar-refractivity contribution in [1.29, 1.82) is 0 Å². The van der Waals surface area contributed by atoms with Crippen molar-refractivity contribution < 1.29 is 9.59 Å². The topological polar surface area (TPSA) is 52.7 Å². The number of benzene rings is 1. The van der Waals surface area contributed by atoms with Crippen molar-refractivity contribution in [2.24, 2.45) is 5.92 Å². The normalized spacial score (nSPS) is 22.6. The summed E-state index contributed by atoms with van der Waals surface area (Å²) in [6.07, 6.45) is 1.53. The van der Waals surface area contributed by atoms with Crippen molar-refractivity contribution in [2.45, 2.75) is 12.8 Å². The van der Waals surface area contributed by atoms with Gasteiger partial charge in [0.2, 0.25) is 11.8 Å². The van der Waals surface area contributed by atoms with Crippen LogP contribution in [0.15, 0.2) is 28.7 Å². The second-order valence-electron chi connectivity index (χ2n) is 5.03. The van der Waals surface area contributed by atoms with Crippen LogP contribution in [-0.2, 0) is 9.59 Å². The maximum Gasteiger partial charge on any atom is 0.249 e. The number of hydrazine groups is 1. The summed E-state index contributed by atoms with van der Waals surface area (Å²) in [7, 11) is 0. The average Bonchev–Trinajstić information content (AvgIpc) is 3.09. The minimum absolute atomic E-state index is 0.0953. The van der Waals surface area contributed by atoms with Gasteiger partial charge in [-0.3, -0.25) is 14.6 Å². The van der Waals surface area contributed by atoms with E-state index in [0.717, 1.165) is 23.1 Å². The fraction of sp³-hybridized carbons (Fsp3) is 0.429. The molecule has 2 aliphatic heterocycles. The molecule has 0 spiro atoms. The van der Waals surface area contributed by atoms with Crippen molar-refractivity contribution in [3.8, 4) is 0 Å². The van der Waals surface area contributed by atoms with E-state index < -0.39 is 5.92 Å². The number of para-hydroxylation sites is 1. The highest BCUT2D eigenvalue weighted by molar-refractivity contribution is 9.10. The Morgan fingerprint density at radius 2 is 2.10 bits per heavy atom. The maximum atomic E-state index is 12.5. The van der Waals surface area contributed by atoms with E-state index in [-0.39, 0.29) is 11.8 Å². The Bertz CT molecular complexity index is 543. The van der Waals surface area contributed by atoms with E-state index in [1.165, 1.54) is 0 Å². The molecule has 106 valence electrons. The van der Waals surface area contributed by atoms with Gasteiger partial charge in [-0.1, -0.05) is 12.1 Å². The predicted molar refractivity (Wildman–Crippen MR) is 78.9 cm³/mol. The molecular weight excluding hydrogens is 322 g/mol. The highest BCUT2D eigenvalue weighted by Gasteiger charge is 2.40.